The van der Waals surface area contributed by atoms with E-state index >= 15 is 0 Å². The fourth-order valence-electron chi connectivity index (χ4n) is 6.46. The molecule has 0 unspecified atom stereocenters. The van der Waals surface area contributed by atoms with Crippen LogP contribution in [-0.4, -0.2) is 47.6 Å². The molecule has 6 rings (SSSR count). The zero-order valence-corrected chi connectivity index (χ0v) is 24.9. The van der Waals surface area contributed by atoms with E-state index in [1.807, 2.05) is 13.2 Å². The average molecular weight is 549 g/mol. The molecule has 0 amide bonds. The van der Waals surface area contributed by atoms with Crippen LogP contribution in [0.2, 0.25) is 0 Å². The number of piperidine rings is 1. The molecule has 6 heteroatoms. The molecule has 3 aromatic carbocycles. The lowest BCUT2D eigenvalue weighted by atomic mass is 9.98. The summed E-state index contributed by atoms with van der Waals surface area (Å²) in [6.45, 7) is 5.59. The number of aromatic nitrogens is 2. The highest BCUT2D eigenvalue weighted by Crippen LogP contribution is 2.57. The van der Waals surface area contributed by atoms with E-state index in [1.54, 1.807) is 0 Å². The molecule has 4 aromatic rings. The van der Waals surface area contributed by atoms with Crippen LogP contribution in [0.3, 0.4) is 0 Å². The van der Waals surface area contributed by atoms with Crippen molar-refractivity contribution >= 4 is 16.5 Å². The lowest BCUT2D eigenvalue weighted by Gasteiger charge is -2.20. The monoisotopic (exact) mass is 548 g/mol. The lowest BCUT2D eigenvalue weighted by molar-refractivity contribution is 0.385. The molecule has 1 saturated carbocycles. The SMILES string of the molecule is CCC[C@H](CCN(C)/C=C(\N)c1ccc(-c2ccc3cc(-c4cnc([C@@H]5C[C@]6(C)C[C@@H]6N5)[nH]4)ccc3c2)cc1)NC. The molecule has 1 aliphatic heterocycles. The van der Waals surface area contributed by atoms with Gasteiger partial charge in [0.2, 0.25) is 0 Å². The third kappa shape index (κ3) is 5.90. The van der Waals surface area contributed by atoms with Crippen molar-refractivity contribution in [2.24, 2.45) is 11.1 Å². The first-order valence-electron chi connectivity index (χ1n) is 15.2. The molecule has 41 heavy (non-hydrogen) atoms. The summed E-state index contributed by atoms with van der Waals surface area (Å²) in [5.74, 6) is 1.06. The zero-order chi connectivity index (χ0) is 28.6. The molecule has 2 aliphatic rings. The van der Waals surface area contributed by atoms with E-state index in [4.69, 9.17) is 10.7 Å². The van der Waals surface area contributed by atoms with Crippen molar-refractivity contribution in [3.63, 3.8) is 0 Å². The number of H-pyrrole nitrogens is 1. The molecule has 0 spiro atoms. The van der Waals surface area contributed by atoms with Gasteiger partial charge in [0, 0.05) is 37.4 Å². The van der Waals surface area contributed by atoms with Gasteiger partial charge in [0.25, 0.3) is 0 Å². The minimum atomic E-state index is 0.343. The van der Waals surface area contributed by atoms with Gasteiger partial charge >= 0.3 is 0 Å². The quantitative estimate of drug-likeness (QED) is 0.168. The minimum absolute atomic E-state index is 0.343. The maximum Gasteiger partial charge on any atom is 0.123 e. The predicted molar refractivity (Wildman–Crippen MR) is 171 cm³/mol. The normalized spacial score (nSPS) is 22.6. The molecule has 0 radical (unpaired) electrons. The summed E-state index contributed by atoms with van der Waals surface area (Å²) < 4.78 is 0. The first kappa shape index (κ1) is 27.6. The Labute approximate surface area is 244 Å². The van der Waals surface area contributed by atoms with Crippen molar-refractivity contribution < 1.29 is 0 Å². The zero-order valence-electron chi connectivity index (χ0n) is 24.9. The Bertz CT molecular complexity index is 1540. The van der Waals surface area contributed by atoms with E-state index < -0.39 is 0 Å². The second kappa shape index (κ2) is 11.3. The number of hydrogen-bond acceptors (Lipinski definition) is 5. The van der Waals surface area contributed by atoms with Gasteiger partial charge in [0.05, 0.1) is 23.6 Å². The molecule has 2 heterocycles. The topological polar surface area (TPSA) is 82.0 Å². The van der Waals surface area contributed by atoms with Crippen LogP contribution in [0.25, 0.3) is 38.9 Å². The van der Waals surface area contributed by atoms with Crippen molar-refractivity contribution in [1.29, 1.82) is 0 Å². The predicted octanol–water partition coefficient (Wildman–Crippen LogP) is 6.68. The van der Waals surface area contributed by atoms with Crippen LogP contribution in [0.5, 0.6) is 0 Å². The van der Waals surface area contributed by atoms with E-state index in [1.165, 1.54) is 53.1 Å². The molecule has 6 nitrogen and oxygen atoms in total. The van der Waals surface area contributed by atoms with E-state index in [0.29, 0.717) is 23.5 Å². The summed E-state index contributed by atoms with van der Waals surface area (Å²) in [6.07, 6.45) is 10.00. The van der Waals surface area contributed by atoms with Crippen molar-refractivity contribution in [3.05, 3.63) is 84.4 Å². The summed E-state index contributed by atoms with van der Waals surface area (Å²) in [5, 5.41) is 9.59. The molecule has 1 aliphatic carbocycles. The van der Waals surface area contributed by atoms with E-state index in [2.05, 4.69) is 108 Å². The Hall–Kier alpha value is -3.61. The summed E-state index contributed by atoms with van der Waals surface area (Å²) in [6, 6.07) is 23.5. The average Bonchev–Trinajstić information content (AvgIpc) is 3.30. The van der Waals surface area contributed by atoms with Crippen LogP contribution in [-0.2, 0) is 0 Å². The van der Waals surface area contributed by atoms with Gasteiger partial charge < -0.3 is 26.3 Å². The van der Waals surface area contributed by atoms with Crippen LogP contribution in [0, 0.1) is 5.41 Å². The molecule has 0 bridgehead atoms. The highest BCUT2D eigenvalue weighted by atomic mass is 15.1. The number of fused-ring (bicyclic) bond motifs is 2. The van der Waals surface area contributed by atoms with Crippen LogP contribution in [0.15, 0.2) is 73.1 Å². The number of nitrogens with one attached hydrogen (secondary N) is 3. The van der Waals surface area contributed by atoms with Crippen LogP contribution >= 0.6 is 0 Å². The standard InChI is InChI=1S/C35H44N6/c1-5-6-29(37-3)15-16-41(4)22-30(36)24-9-7-23(8-10-24)25-11-12-27-18-28(14-13-26(27)17-25)32-21-38-34(40-32)31-19-35(2)20-33(35)39-31/h7-14,17-18,21-22,29,31,33,37,39H,5-6,15-16,19-20,36H2,1-4H3,(H,38,40)/b30-22-/t29-,31+,33+,35-/m1/s1. The molecule has 214 valence electrons. The molecule has 2 fully saturated rings. The maximum atomic E-state index is 6.46. The Morgan fingerprint density at radius 3 is 2.44 bits per heavy atom. The van der Waals surface area contributed by atoms with E-state index in [9.17, 15) is 0 Å². The Balaban J connectivity index is 1.12. The van der Waals surface area contributed by atoms with E-state index in [0.717, 1.165) is 35.7 Å². The smallest absolute Gasteiger partial charge is 0.123 e. The van der Waals surface area contributed by atoms with Gasteiger partial charge in [-0.3, -0.25) is 0 Å². The Morgan fingerprint density at radius 1 is 1.05 bits per heavy atom. The van der Waals surface area contributed by atoms with Gasteiger partial charge in [-0.1, -0.05) is 68.8 Å². The highest BCUT2D eigenvalue weighted by molar-refractivity contribution is 5.90. The molecule has 1 aromatic heterocycles. The number of nitrogens with zero attached hydrogens (tertiary/aromatic N) is 2. The summed E-state index contributed by atoms with van der Waals surface area (Å²) >= 11 is 0. The van der Waals surface area contributed by atoms with Crippen LogP contribution in [0.1, 0.15) is 63.4 Å². The first-order valence-corrected chi connectivity index (χ1v) is 15.2. The number of aromatic amines is 1. The van der Waals surface area contributed by atoms with Gasteiger partial charge in [-0.05, 0) is 77.7 Å². The Kier molecular flexibility index (Phi) is 7.62. The second-order valence-corrected chi connectivity index (χ2v) is 12.5. The third-order valence-electron chi connectivity index (χ3n) is 9.29. The number of hydrogen-bond donors (Lipinski definition) is 4. The summed E-state index contributed by atoms with van der Waals surface area (Å²) in [4.78, 5) is 10.5. The van der Waals surface area contributed by atoms with Crippen molar-refractivity contribution in [2.75, 3.05) is 20.6 Å². The molecule has 4 atom stereocenters. The van der Waals surface area contributed by atoms with E-state index in [-0.39, 0.29) is 0 Å². The number of imidazole rings is 1. The van der Waals surface area contributed by atoms with Crippen molar-refractivity contribution in [1.82, 2.24) is 25.5 Å². The van der Waals surface area contributed by atoms with Crippen LogP contribution in [0.4, 0.5) is 0 Å². The lowest BCUT2D eigenvalue weighted by Crippen LogP contribution is -2.29. The van der Waals surface area contributed by atoms with Gasteiger partial charge in [-0.15, -0.1) is 0 Å². The number of nitrogens with two attached hydrogens (primary N) is 1. The van der Waals surface area contributed by atoms with Gasteiger partial charge in [0.1, 0.15) is 5.82 Å². The molecular weight excluding hydrogens is 504 g/mol. The maximum absolute atomic E-state index is 6.46. The summed E-state index contributed by atoms with van der Waals surface area (Å²) in [5.41, 5.74) is 13.4. The third-order valence-corrected chi connectivity index (χ3v) is 9.29. The fraction of sp³-hybridized carbons (Fsp3) is 0.400. The first-order chi connectivity index (χ1) is 19.8. The molecule has 1 saturated heterocycles. The van der Waals surface area contributed by atoms with Gasteiger partial charge in [-0.2, -0.15) is 0 Å². The number of rotatable bonds is 11. The summed E-state index contributed by atoms with van der Waals surface area (Å²) in [7, 11) is 4.14. The molecular formula is C35H44N6. The largest absolute Gasteiger partial charge is 0.397 e. The van der Waals surface area contributed by atoms with Gasteiger partial charge in [0.15, 0.2) is 0 Å². The second-order valence-electron chi connectivity index (χ2n) is 12.5. The highest BCUT2D eigenvalue weighted by Gasteiger charge is 2.57. The minimum Gasteiger partial charge on any atom is -0.397 e. The van der Waals surface area contributed by atoms with Crippen molar-refractivity contribution in [2.45, 2.75) is 64.1 Å². The Morgan fingerprint density at radius 2 is 1.76 bits per heavy atom. The number of benzene rings is 3. The van der Waals surface area contributed by atoms with Crippen LogP contribution < -0.4 is 16.4 Å². The van der Waals surface area contributed by atoms with Gasteiger partial charge in [-0.25, -0.2) is 4.98 Å². The fourth-order valence-corrected chi connectivity index (χ4v) is 6.46. The van der Waals surface area contributed by atoms with Crippen molar-refractivity contribution in [3.8, 4) is 22.4 Å². The molecule has 5 N–H and O–H groups in total.